The Hall–Kier alpha value is -1.10. The summed E-state index contributed by atoms with van der Waals surface area (Å²) in [6, 6.07) is 0. The lowest BCUT2D eigenvalue weighted by Gasteiger charge is -2.37. The maximum absolute atomic E-state index is 12.1. The molecular formula is C12H20N2O3. The minimum atomic E-state index is -0.772. The van der Waals surface area contributed by atoms with Crippen LogP contribution in [0.5, 0.6) is 0 Å². The van der Waals surface area contributed by atoms with Crippen molar-refractivity contribution in [2.75, 3.05) is 19.7 Å². The molecule has 1 N–H and O–H groups in total. The van der Waals surface area contributed by atoms with Crippen molar-refractivity contribution in [3.8, 4) is 0 Å². The van der Waals surface area contributed by atoms with E-state index in [0.717, 1.165) is 25.9 Å². The average molecular weight is 240 g/mol. The maximum atomic E-state index is 12.1. The average Bonchev–Trinajstić information content (AvgIpc) is 2.73. The van der Waals surface area contributed by atoms with Gasteiger partial charge in [0.1, 0.15) is 5.54 Å². The number of carbonyl (C=O) groups excluding carboxylic acids is 2. The fourth-order valence-corrected chi connectivity index (χ4v) is 2.43. The third-order valence-corrected chi connectivity index (χ3v) is 3.35. The van der Waals surface area contributed by atoms with E-state index in [1.54, 1.807) is 18.7 Å². The first-order chi connectivity index (χ1) is 7.99. The van der Waals surface area contributed by atoms with E-state index in [1.807, 2.05) is 0 Å². The SMILES string of the molecule is CC1(C)NC(=O)CN(CCC2CCCO2)C1=O. The number of nitrogens with one attached hydrogen (secondary N) is 1. The summed E-state index contributed by atoms with van der Waals surface area (Å²) in [5.41, 5.74) is -0.772. The molecule has 5 nitrogen and oxygen atoms in total. The molecule has 5 heteroatoms. The van der Waals surface area contributed by atoms with Crippen LogP contribution in [0.2, 0.25) is 0 Å². The zero-order valence-corrected chi connectivity index (χ0v) is 10.5. The van der Waals surface area contributed by atoms with Gasteiger partial charge in [-0.05, 0) is 33.1 Å². The molecule has 0 spiro atoms. The van der Waals surface area contributed by atoms with Crippen LogP contribution >= 0.6 is 0 Å². The Labute approximate surface area is 101 Å². The molecule has 2 aliphatic rings. The van der Waals surface area contributed by atoms with Crippen LogP contribution in [0.25, 0.3) is 0 Å². The van der Waals surface area contributed by atoms with Crippen molar-refractivity contribution in [2.45, 2.75) is 44.8 Å². The molecule has 2 saturated heterocycles. The molecule has 0 aromatic heterocycles. The minimum absolute atomic E-state index is 0.00454. The maximum Gasteiger partial charge on any atom is 0.248 e. The van der Waals surface area contributed by atoms with Crippen LogP contribution in [0.3, 0.4) is 0 Å². The molecule has 2 heterocycles. The third kappa shape index (κ3) is 2.77. The molecule has 0 bridgehead atoms. The van der Waals surface area contributed by atoms with E-state index < -0.39 is 5.54 Å². The van der Waals surface area contributed by atoms with Crippen LogP contribution < -0.4 is 5.32 Å². The zero-order chi connectivity index (χ0) is 12.5. The standard InChI is InChI=1S/C12H20N2O3/c1-12(2)11(16)14(8-10(15)13-12)6-5-9-4-3-7-17-9/h9H,3-8H2,1-2H3,(H,13,15). The van der Waals surface area contributed by atoms with Crippen molar-refractivity contribution in [1.29, 1.82) is 0 Å². The van der Waals surface area contributed by atoms with E-state index in [9.17, 15) is 9.59 Å². The van der Waals surface area contributed by atoms with Crippen LogP contribution in [0.1, 0.15) is 33.1 Å². The van der Waals surface area contributed by atoms with Gasteiger partial charge in [0.05, 0.1) is 12.6 Å². The topological polar surface area (TPSA) is 58.6 Å². The number of ether oxygens (including phenoxy) is 1. The Morgan fingerprint density at radius 2 is 2.24 bits per heavy atom. The number of nitrogens with zero attached hydrogens (tertiary/aromatic N) is 1. The van der Waals surface area contributed by atoms with Crippen LogP contribution in [0, 0.1) is 0 Å². The van der Waals surface area contributed by atoms with Gasteiger partial charge in [0.25, 0.3) is 0 Å². The van der Waals surface area contributed by atoms with Gasteiger partial charge in [0.15, 0.2) is 0 Å². The molecule has 0 aromatic rings. The van der Waals surface area contributed by atoms with E-state index in [2.05, 4.69) is 5.32 Å². The van der Waals surface area contributed by atoms with Gasteiger partial charge < -0.3 is 15.0 Å². The van der Waals surface area contributed by atoms with Crippen LogP contribution in [0.4, 0.5) is 0 Å². The first kappa shape index (κ1) is 12.4. The highest BCUT2D eigenvalue weighted by Crippen LogP contribution is 2.18. The number of hydrogen-bond acceptors (Lipinski definition) is 3. The highest BCUT2D eigenvalue weighted by molar-refractivity contribution is 5.97. The van der Waals surface area contributed by atoms with Crippen molar-refractivity contribution in [3.05, 3.63) is 0 Å². The Balaban J connectivity index is 1.90. The lowest BCUT2D eigenvalue weighted by Crippen LogP contribution is -2.63. The molecule has 2 fully saturated rings. The second-order valence-electron chi connectivity index (χ2n) is 5.32. The van der Waals surface area contributed by atoms with Gasteiger partial charge >= 0.3 is 0 Å². The second kappa shape index (κ2) is 4.64. The fraction of sp³-hybridized carbons (Fsp3) is 0.833. The summed E-state index contributed by atoms with van der Waals surface area (Å²) >= 11 is 0. The van der Waals surface area contributed by atoms with Gasteiger partial charge in [-0.25, -0.2) is 0 Å². The Bertz CT molecular complexity index is 322. The Morgan fingerprint density at radius 3 is 2.88 bits per heavy atom. The third-order valence-electron chi connectivity index (χ3n) is 3.35. The van der Waals surface area contributed by atoms with Gasteiger partial charge in [-0.3, -0.25) is 9.59 Å². The normalized spacial score (nSPS) is 28.4. The molecular weight excluding hydrogens is 220 g/mol. The molecule has 2 aliphatic heterocycles. The van der Waals surface area contributed by atoms with Crippen molar-refractivity contribution < 1.29 is 14.3 Å². The second-order valence-corrected chi connectivity index (χ2v) is 5.32. The highest BCUT2D eigenvalue weighted by atomic mass is 16.5. The lowest BCUT2D eigenvalue weighted by atomic mass is 10.00. The van der Waals surface area contributed by atoms with E-state index in [1.165, 1.54) is 0 Å². The first-order valence-corrected chi connectivity index (χ1v) is 6.21. The van der Waals surface area contributed by atoms with Crippen LogP contribution in [-0.4, -0.2) is 48.1 Å². The van der Waals surface area contributed by atoms with E-state index in [4.69, 9.17) is 4.74 Å². The molecule has 17 heavy (non-hydrogen) atoms. The Morgan fingerprint density at radius 1 is 1.47 bits per heavy atom. The molecule has 1 unspecified atom stereocenters. The van der Waals surface area contributed by atoms with Gasteiger partial charge in [-0.1, -0.05) is 0 Å². The van der Waals surface area contributed by atoms with Gasteiger partial charge in [0.2, 0.25) is 11.8 Å². The van der Waals surface area contributed by atoms with Crippen molar-refractivity contribution in [1.82, 2.24) is 10.2 Å². The molecule has 1 atom stereocenters. The van der Waals surface area contributed by atoms with E-state index in [-0.39, 0.29) is 24.5 Å². The summed E-state index contributed by atoms with van der Waals surface area (Å²) in [6.07, 6.45) is 3.26. The smallest absolute Gasteiger partial charge is 0.248 e. The number of hydrogen-bond donors (Lipinski definition) is 1. The summed E-state index contributed by atoms with van der Waals surface area (Å²) in [5, 5.41) is 2.70. The monoisotopic (exact) mass is 240 g/mol. The molecule has 0 radical (unpaired) electrons. The highest BCUT2D eigenvalue weighted by Gasteiger charge is 2.38. The van der Waals surface area contributed by atoms with E-state index in [0.29, 0.717) is 6.54 Å². The minimum Gasteiger partial charge on any atom is -0.378 e. The van der Waals surface area contributed by atoms with Crippen LogP contribution in [0.15, 0.2) is 0 Å². The molecule has 0 aliphatic carbocycles. The van der Waals surface area contributed by atoms with Crippen LogP contribution in [-0.2, 0) is 14.3 Å². The predicted octanol–water partition coefficient (Wildman–Crippen LogP) is 0.292. The number of amides is 2. The molecule has 0 saturated carbocycles. The van der Waals surface area contributed by atoms with Gasteiger partial charge in [-0.2, -0.15) is 0 Å². The predicted molar refractivity (Wildman–Crippen MR) is 62.4 cm³/mol. The van der Waals surface area contributed by atoms with Crippen molar-refractivity contribution in [3.63, 3.8) is 0 Å². The van der Waals surface area contributed by atoms with E-state index >= 15 is 0 Å². The summed E-state index contributed by atoms with van der Waals surface area (Å²) in [5.74, 6) is -0.0861. The molecule has 0 aromatic carbocycles. The molecule has 2 amide bonds. The number of piperazine rings is 1. The van der Waals surface area contributed by atoms with Crippen molar-refractivity contribution >= 4 is 11.8 Å². The van der Waals surface area contributed by atoms with Crippen molar-refractivity contribution in [2.24, 2.45) is 0 Å². The summed E-state index contributed by atoms with van der Waals surface area (Å²) in [7, 11) is 0. The van der Waals surface area contributed by atoms with Gasteiger partial charge in [0, 0.05) is 13.2 Å². The number of carbonyl (C=O) groups is 2. The fourth-order valence-electron chi connectivity index (χ4n) is 2.43. The molecule has 96 valence electrons. The summed E-state index contributed by atoms with van der Waals surface area (Å²) in [6.45, 7) is 5.09. The Kier molecular flexibility index (Phi) is 3.38. The van der Waals surface area contributed by atoms with Gasteiger partial charge in [-0.15, -0.1) is 0 Å². The lowest BCUT2D eigenvalue weighted by molar-refractivity contribution is -0.148. The largest absolute Gasteiger partial charge is 0.378 e. The first-order valence-electron chi connectivity index (χ1n) is 6.21. The quantitative estimate of drug-likeness (QED) is 0.771. The summed E-state index contributed by atoms with van der Waals surface area (Å²) < 4.78 is 5.52. The number of rotatable bonds is 3. The molecule has 2 rings (SSSR count). The summed E-state index contributed by atoms with van der Waals surface area (Å²) in [4.78, 5) is 25.2. The zero-order valence-electron chi connectivity index (χ0n) is 10.5.